The number of hydrogen-bond donors (Lipinski definition) is 2. The fourth-order valence-electron chi connectivity index (χ4n) is 2.62. The molecule has 0 aliphatic carbocycles. The highest BCUT2D eigenvalue weighted by atomic mass is 16.6. The van der Waals surface area contributed by atoms with Crippen molar-refractivity contribution >= 4 is 11.9 Å². The number of phenols is 1. The summed E-state index contributed by atoms with van der Waals surface area (Å²) in [4.78, 5) is 18.8. The summed E-state index contributed by atoms with van der Waals surface area (Å²) >= 11 is 0. The normalized spacial score (nSPS) is 10.9. The first-order valence-corrected chi connectivity index (χ1v) is 7.61. The number of nitro benzene ring substituents is 1. The van der Waals surface area contributed by atoms with Gasteiger partial charge in [-0.05, 0) is 23.3 Å². The van der Waals surface area contributed by atoms with Crippen LogP contribution in [0, 0.1) is 10.1 Å². The van der Waals surface area contributed by atoms with Crippen molar-refractivity contribution in [3.05, 3.63) is 81.9 Å². The Kier molecular flexibility index (Phi) is 4.84. The number of nitro groups is 1. The molecule has 26 heavy (non-hydrogen) atoms. The minimum Gasteiger partial charge on any atom is -0.507 e. The number of benzene rings is 2. The van der Waals surface area contributed by atoms with Crippen LogP contribution in [-0.2, 0) is 6.42 Å². The highest BCUT2D eigenvalue weighted by Crippen LogP contribution is 2.35. The van der Waals surface area contributed by atoms with E-state index in [1.165, 1.54) is 12.1 Å². The fraction of sp³-hybridized carbons (Fsp3) is 0.0556. The van der Waals surface area contributed by atoms with E-state index in [4.69, 9.17) is 5.21 Å². The zero-order valence-corrected chi connectivity index (χ0v) is 13.5. The number of phenolic OH excluding ortho intramolecular Hbond substituents is 1. The first kappa shape index (κ1) is 17.0. The molecule has 0 spiro atoms. The van der Waals surface area contributed by atoms with Gasteiger partial charge in [0.15, 0.2) is 0 Å². The van der Waals surface area contributed by atoms with Crippen LogP contribution in [-0.4, -0.2) is 31.4 Å². The van der Waals surface area contributed by atoms with Crippen LogP contribution in [0.25, 0.3) is 11.1 Å². The minimum atomic E-state index is -0.500. The molecule has 0 aliphatic rings. The van der Waals surface area contributed by atoms with Gasteiger partial charge in [0.05, 0.1) is 16.8 Å². The van der Waals surface area contributed by atoms with Crippen LogP contribution in [0.1, 0.15) is 16.8 Å². The SMILES string of the molecule is O=[N+]([O-])c1cccc(-c2cc(Cc3cnccn3)cc(/C=N/O)c2O)c1. The minimum absolute atomic E-state index is 0.0846. The van der Waals surface area contributed by atoms with Crippen LogP contribution in [0.15, 0.2) is 60.1 Å². The van der Waals surface area contributed by atoms with E-state index in [2.05, 4.69) is 15.1 Å². The van der Waals surface area contributed by atoms with Gasteiger partial charge in [-0.3, -0.25) is 20.1 Å². The van der Waals surface area contributed by atoms with Crippen LogP contribution in [0.3, 0.4) is 0 Å². The summed E-state index contributed by atoms with van der Waals surface area (Å²) < 4.78 is 0. The van der Waals surface area contributed by atoms with Crippen molar-refractivity contribution in [2.75, 3.05) is 0 Å². The summed E-state index contributed by atoms with van der Waals surface area (Å²) in [5.41, 5.74) is 2.57. The van der Waals surface area contributed by atoms with Gasteiger partial charge in [-0.15, -0.1) is 0 Å². The van der Waals surface area contributed by atoms with Gasteiger partial charge in [0.2, 0.25) is 0 Å². The van der Waals surface area contributed by atoms with Crippen molar-refractivity contribution in [1.29, 1.82) is 0 Å². The molecule has 130 valence electrons. The largest absolute Gasteiger partial charge is 0.507 e. The molecule has 0 aliphatic heterocycles. The number of nitrogens with zero attached hydrogens (tertiary/aromatic N) is 4. The monoisotopic (exact) mass is 350 g/mol. The maximum Gasteiger partial charge on any atom is 0.270 e. The van der Waals surface area contributed by atoms with E-state index in [1.54, 1.807) is 42.9 Å². The van der Waals surface area contributed by atoms with E-state index in [1.807, 2.05) is 0 Å². The Morgan fingerprint density at radius 2 is 2.08 bits per heavy atom. The standard InChI is InChI=1S/C18H14N4O4/c23-18-14(10-21-24)6-12(7-15-11-19-4-5-20-15)8-17(18)13-2-1-3-16(9-13)22(25)26/h1-6,8-11,23-24H,7H2/b21-10+. The first-order chi connectivity index (χ1) is 12.6. The van der Waals surface area contributed by atoms with Crippen LogP contribution in [0.4, 0.5) is 5.69 Å². The molecule has 3 rings (SSSR count). The molecule has 2 N–H and O–H groups in total. The summed E-state index contributed by atoms with van der Waals surface area (Å²) in [5.74, 6) is -0.133. The molecule has 0 atom stereocenters. The van der Waals surface area contributed by atoms with E-state index in [0.717, 1.165) is 17.5 Å². The summed E-state index contributed by atoms with van der Waals surface area (Å²) in [6, 6.07) is 9.33. The smallest absolute Gasteiger partial charge is 0.270 e. The van der Waals surface area contributed by atoms with E-state index < -0.39 is 4.92 Å². The molecule has 0 fully saturated rings. The van der Waals surface area contributed by atoms with Gasteiger partial charge < -0.3 is 10.3 Å². The molecule has 8 heteroatoms. The summed E-state index contributed by atoms with van der Waals surface area (Å²) in [6.07, 6.45) is 6.31. The Labute approximate surface area is 148 Å². The van der Waals surface area contributed by atoms with Crippen molar-refractivity contribution in [3.8, 4) is 16.9 Å². The maximum atomic E-state index is 11.0. The second-order valence-electron chi connectivity index (χ2n) is 5.51. The average molecular weight is 350 g/mol. The first-order valence-electron chi connectivity index (χ1n) is 7.61. The lowest BCUT2D eigenvalue weighted by Crippen LogP contribution is -1.97. The summed E-state index contributed by atoms with van der Waals surface area (Å²) in [7, 11) is 0. The highest BCUT2D eigenvalue weighted by Gasteiger charge is 2.14. The van der Waals surface area contributed by atoms with Gasteiger partial charge in [0, 0.05) is 48.3 Å². The lowest BCUT2D eigenvalue weighted by atomic mass is 9.96. The lowest BCUT2D eigenvalue weighted by Gasteiger charge is -2.11. The molecule has 2 aromatic carbocycles. The van der Waals surface area contributed by atoms with Crippen molar-refractivity contribution in [1.82, 2.24) is 9.97 Å². The third-order valence-corrected chi connectivity index (χ3v) is 3.77. The molecule has 0 unspecified atom stereocenters. The van der Waals surface area contributed by atoms with Gasteiger partial charge in [-0.1, -0.05) is 17.3 Å². The fourth-order valence-corrected chi connectivity index (χ4v) is 2.62. The van der Waals surface area contributed by atoms with Crippen LogP contribution in [0.2, 0.25) is 0 Å². The van der Waals surface area contributed by atoms with Crippen molar-refractivity contribution in [2.24, 2.45) is 5.16 Å². The molecule has 0 amide bonds. The molecule has 0 saturated heterocycles. The van der Waals surface area contributed by atoms with E-state index in [0.29, 0.717) is 17.5 Å². The van der Waals surface area contributed by atoms with E-state index >= 15 is 0 Å². The van der Waals surface area contributed by atoms with Gasteiger partial charge >= 0.3 is 0 Å². The Balaban J connectivity index is 2.11. The number of aromatic hydroxyl groups is 1. The van der Waals surface area contributed by atoms with Crippen LogP contribution >= 0.6 is 0 Å². The summed E-state index contributed by atoms with van der Waals surface area (Å²) in [5, 5.41) is 33.3. The quantitative estimate of drug-likeness (QED) is 0.315. The Morgan fingerprint density at radius 1 is 1.23 bits per heavy atom. The number of non-ortho nitro benzene ring substituents is 1. The van der Waals surface area contributed by atoms with Crippen LogP contribution < -0.4 is 0 Å². The average Bonchev–Trinajstić information content (AvgIpc) is 2.65. The number of oxime groups is 1. The molecule has 1 heterocycles. The number of hydrogen-bond acceptors (Lipinski definition) is 7. The van der Waals surface area contributed by atoms with Gasteiger partial charge in [0.25, 0.3) is 5.69 Å². The van der Waals surface area contributed by atoms with Gasteiger partial charge in [-0.2, -0.15) is 0 Å². The Hall–Kier alpha value is -3.81. The molecule has 0 radical (unpaired) electrons. The number of rotatable bonds is 5. The molecular formula is C18H14N4O4. The molecule has 0 saturated carbocycles. The molecule has 3 aromatic rings. The van der Waals surface area contributed by atoms with Crippen molar-refractivity contribution < 1.29 is 15.2 Å². The zero-order valence-electron chi connectivity index (χ0n) is 13.5. The second-order valence-corrected chi connectivity index (χ2v) is 5.51. The predicted octanol–water partition coefficient (Wildman–Crippen LogP) is 3.16. The van der Waals surface area contributed by atoms with Gasteiger partial charge in [-0.25, -0.2) is 0 Å². The van der Waals surface area contributed by atoms with E-state index in [-0.39, 0.29) is 17.0 Å². The Morgan fingerprint density at radius 3 is 2.77 bits per heavy atom. The lowest BCUT2D eigenvalue weighted by molar-refractivity contribution is -0.384. The van der Waals surface area contributed by atoms with Crippen molar-refractivity contribution in [2.45, 2.75) is 6.42 Å². The third kappa shape index (κ3) is 3.64. The zero-order chi connectivity index (χ0) is 18.5. The van der Waals surface area contributed by atoms with E-state index in [9.17, 15) is 15.2 Å². The van der Waals surface area contributed by atoms with Crippen LogP contribution in [0.5, 0.6) is 5.75 Å². The predicted molar refractivity (Wildman–Crippen MR) is 94.4 cm³/mol. The molecule has 8 nitrogen and oxygen atoms in total. The second kappa shape index (κ2) is 7.39. The summed E-state index contributed by atoms with van der Waals surface area (Å²) in [6.45, 7) is 0. The maximum absolute atomic E-state index is 11.0. The van der Waals surface area contributed by atoms with Crippen molar-refractivity contribution in [3.63, 3.8) is 0 Å². The molecule has 0 bridgehead atoms. The molecular weight excluding hydrogens is 336 g/mol. The third-order valence-electron chi connectivity index (χ3n) is 3.77. The molecule has 1 aromatic heterocycles. The highest BCUT2D eigenvalue weighted by molar-refractivity contribution is 5.89. The Bertz CT molecular complexity index is 974. The topological polar surface area (TPSA) is 122 Å². The number of aromatic nitrogens is 2. The van der Waals surface area contributed by atoms with Gasteiger partial charge in [0.1, 0.15) is 5.75 Å².